The van der Waals surface area contributed by atoms with Gasteiger partial charge in [-0.25, -0.2) is 0 Å². The van der Waals surface area contributed by atoms with Crippen LogP contribution in [-0.2, 0) is 13.0 Å². The van der Waals surface area contributed by atoms with Crippen LogP contribution in [0.15, 0.2) is 54.0 Å². The lowest BCUT2D eigenvalue weighted by atomic mass is 10.2. The molecule has 5 nitrogen and oxygen atoms in total. The molecule has 0 aliphatic carbocycles. The molecule has 0 saturated carbocycles. The van der Waals surface area contributed by atoms with E-state index < -0.39 is 0 Å². The minimum absolute atomic E-state index is 0. The van der Waals surface area contributed by atoms with Crippen LogP contribution in [0.4, 0.5) is 0 Å². The quantitative estimate of drug-likeness (QED) is 0.416. The Bertz CT molecular complexity index is 525. The highest BCUT2D eigenvalue weighted by atomic mass is 127. The molecule has 120 valence electrons. The van der Waals surface area contributed by atoms with Gasteiger partial charge < -0.3 is 15.2 Å². The van der Waals surface area contributed by atoms with Gasteiger partial charge in [-0.15, -0.1) is 24.0 Å². The Labute approximate surface area is 149 Å². The molecule has 2 aromatic heterocycles. The van der Waals surface area contributed by atoms with Gasteiger partial charge in [0.2, 0.25) is 0 Å². The monoisotopic (exact) mass is 413 g/mol. The van der Waals surface area contributed by atoms with Crippen LogP contribution in [0, 0.1) is 0 Å². The number of rotatable bonds is 7. The van der Waals surface area contributed by atoms with Gasteiger partial charge in [0.25, 0.3) is 0 Å². The molecule has 0 saturated heterocycles. The van der Waals surface area contributed by atoms with Gasteiger partial charge in [-0.2, -0.15) is 0 Å². The third-order valence-corrected chi connectivity index (χ3v) is 3.07. The molecule has 22 heavy (non-hydrogen) atoms. The maximum atomic E-state index is 4.58. The lowest BCUT2D eigenvalue weighted by Crippen LogP contribution is -2.39. The highest BCUT2D eigenvalue weighted by Crippen LogP contribution is 1.96. The van der Waals surface area contributed by atoms with Crippen molar-refractivity contribution in [2.75, 3.05) is 19.6 Å². The molecule has 2 aromatic rings. The lowest BCUT2D eigenvalue weighted by molar-refractivity contribution is 0.665. The van der Waals surface area contributed by atoms with Gasteiger partial charge in [0.1, 0.15) is 0 Å². The van der Waals surface area contributed by atoms with Crippen molar-refractivity contribution < 1.29 is 0 Å². The molecule has 0 atom stereocenters. The summed E-state index contributed by atoms with van der Waals surface area (Å²) in [6.45, 7) is 5.48. The number of nitrogens with one attached hydrogen (secondary N) is 2. The first-order valence-corrected chi connectivity index (χ1v) is 7.40. The van der Waals surface area contributed by atoms with Gasteiger partial charge in [0, 0.05) is 51.0 Å². The number of hydrogen-bond donors (Lipinski definition) is 2. The molecule has 2 heterocycles. The smallest absolute Gasteiger partial charge is 0.191 e. The van der Waals surface area contributed by atoms with Crippen molar-refractivity contribution in [1.29, 1.82) is 0 Å². The van der Waals surface area contributed by atoms with Crippen molar-refractivity contribution in [2.24, 2.45) is 4.99 Å². The lowest BCUT2D eigenvalue weighted by Gasteiger charge is -2.11. The number of guanidine groups is 1. The number of halogens is 1. The first-order chi connectivity index (χ1) is 10.4. The molecule has 0 spiro atoms. The molecule has 0 unspecified atom stereocenters. The second-order valence-electron chi connectivity index (χ2n) is 4.72. The van der Waals surface area contributed by atoms with Crippen LogP contribution < -0.4 is 10.6 Å². The van der Waals surface area contributed by atoms with E-state index in [1.165, 1.54) is 5.56 Å². The van der Waals surface area contributed by atoms with Crippen molar-refractivity contribution >= 4 is 29.9 Å². The van der Waals surface area contributed by atoms with Crippen LogP contribution in [-0.4, -0.2) is 35.1 Å². The Kier molecular flexibility index (Phi) is 9.29. The molecule has 0 amide bonds. The van der Waals surface area contributed by atoms with Crippen LogP contribution in [0.3, 0.4) is 0 Å². The standard InChI is InChI=1S/C16H23N5.HI/c1-2-18-16(20-10-13-21-11-3-4-12-21)19-9-7-15-6-5-8-17-14-15;/h3-6,8,11-12,14H,2,7,9-10,13H2,1H3,(H2,18,19,20);1H. The molecule has 0 fully saturated rings. The van der Waals surface area contributed by atoms with E-state index in [-0.39, 0.29) is 24.0 Å². The van der Waals surface area contributed by atoms with Crippen molar-refractivity contribution in [3.05, 3.63) is 54.6 Å². The summed E-state index contributed by atoms with van der Waals surface area (Å²) in [5, 5.41) is 6.61. The van der Waals surface area contributed by atoms with E-state index in [9.17, 15) is 0 Å². The Hall–Kier alpha value is -1.57. The van der Waals surface area contributed by atoms with E-state index in [4.69, 9.17) is 0 Å². The van der Waals surface area contributed by atoms with Gasteiger partial charge in [-0.1, -0.05) is 6.07 Å². The molecule has 2 N–H and O–H groups in total. The Morgan fingerprint density at radius 1 is 1.23 bits per heavy atom. The largest absolute Gasteiger partial charge is 0.357 e. The summed E-state index contributed by atoms with van der Waals surface area (Å²) in [6, 6.07) is 8.11. The van der Waals surface area contributed by atoms with Gasteiger partial charge in [-0.3, -0.25) is 9.98 Å². The highest BCUT2D eigenvalue weighted by Gasteiger charge is 1.97. The predicted molar refractivity (Wildman–Crippen MR) is 102 cm³/mol. The van der Waals surface area contributed by atoms with E-state index in [2.05, 4.69) is 50.6 Å². The van der Waals surface area contributed by atoms with Crippen LogP contribution in [0.2, 0.25) is 0 Å². The van der Waals surface area contributed by atoms with Gasteiger partial charge in [-0.05, 0) is 37.1 Å². The third kappa shape index (κ3) is 6.93. The summed E-state index contributed by atoms with van der Waals surface area (Å²) in [4.78, 5) is 8.70. The first kappa shape index (κ1) is 18.5. The minimum atomic E-state index is 0. The molecular weight excluding hydrogens is 389 g/mol. The normalized spacial score (nSPS) is 10.9. The van der Waals surface area contributed by atoms with Crippen LogP contribution >= 0.6 is 24.0 Å². The molecule has 0 radical (unpaired) electrons. The summed E-state index contributed by atoms with van der Waals surface area (Å²) < 4.78 is 2.15. The molecule has 0 aromatic carbocycles. The second kappa shape index (κ2) is 11.1. The summed E-state index contributed by atoms with van der Waals surface area (Å²) in [5.41, 5.74) is 1.21. The van der Waals surface area contributed by atoms with Crippen molar-refractivity contribution in [2.45, 2.75) is 19.9 Å². The molecule has 2 rings (SSSR count). The van der Waals surface area contributed by atoms with E-state index in [0.29, 0.717) is 0 Å². The number of pyridine rings is 1. The third-order valence-electron chi connectivity index (χ3n) is 3.07. The summed E-state index contributed by atoms with van der Waals surface area (Å²) >= 11 is 0. The summed E-state index contributed by atoms with van der Waals surface area (Å²) in [5.74, 6) is 0.869. The fourth-order valence-corrected chi connectivity index (χ4v) is 2.01. The van der Waals surface area contributed by atoms with Gasteiger partial charge in [0.05, 0.1) is 0 Å². The van der Waals surface area contributed by atoms with Crippen LogP contribution in [0.1, 0.15) is 12.5 Å². The molecule has 0 bridgehead atoms. The van der Waals surface area contributed by atoms with Crippen LogP contribution in [0.5, 0.6) is 0 Å². The number of hydrogen-bond acceptors (Lipinski definition) is 2. The SMILES string of the molecule is CCNC(=NCCc1cccnc1)NCCn1cccc1.I. The highest BCUT2D eigenvalue weighted by molar-refractivity contribution is 14.0. The number of aliphatic imine (C=N–C) groups is 1. The number of nitrogens with zero attached hydrogens (tertiary/aromatic N) is 3. The maximum absolute atomic E-state index is 4.58. The zero-order chi connectivity index (χ0) is 14.8. The zero-order valence-corrected chi connectivity index (χ0v) is 15.2. The molecular formula is C16H24IN5. The Morgan fingerprint density at radius 2 is 2.05 bits per heavy atom. The topological polar surface area (TPSA) is 54.2 Å². The average Bonchev–Trinajstić information content (AvgIpc) is 3.02. The van der Waals surface area contributed by atoms with Crippen molar-refractivity contribution in [3.8, 4) is 0 Å². The van der Waals surface area contributed by atoms with E-state index >= 15 is 0 Å². The summed E-state index contributed by atoms with van der Waals surface area (Å²) in [6.07, 6.45) is 8.71. The van der Waals surface area contributed by atoms with Crippen molar-refractivity contribution in [3.63, 3.8) is 0 Å². The minimum Gasteiger partial charge on any atom is -0.357 e. The second-order valence-corrected chi connectivity index (χ2v) is 4.72. The fraction of sp³-hybridized carbons (Fsp3) is 0.375. The predicted octanol–water partition coefficient (Wildman–Crippen LogP) is 2.30. The van der Waals surface area contributed by atoms with Gasteiger partial charge in [0.15, 0.2) is 5.96 Å². The van der Waals surface area contributed by atoms with Gasteiger partial charge >= 0.3 is 0 Å². The average molecular weight is 413 g/mol. The fourth-order valence-electron chi connectivity index (χ4n) is 2.01. The summed E-state index contributed by atoms with van der Waals surface area (Å²) in [7, 11) is 0. The van der Waals surface area contributed by atoms with E-state index in [1.807, 2.05) is 24.4 Å². The van der Waals surface area contributed by atoms with E-state index in [0.717, 1.165) is 38.6 Å². The van der Waals surface area contributed by atoms with E-state index in [1.54, 1.807) is 6.20 Å². The molecule has 0 aliphatic rings. The maximum Gasteiger partial charge on any atom is 0.191 e. The molecule has 6 heteroatoms. The Balaban J connectivity index is 0.00000242. The first-order valence-electron chi connectivity index (χ1n) is 7.40. The van der Waals surface area contributed by atoms with Crippen LogP contribution in [0.25, 0.3) is 0 Å². The molecule has 0 aliphatic heterocycles. The number of aromatic nitrogens is 2. The van der Waals surface area contributed by atoms with Crippen molar-refractivity contribution in [1.82, 2.24) is 20.2 Å². The zero-order valence-electron chi connectivity index (χ0n) is 12.9. The Morgan fingerprint density at radius 3 is 2.73 bits per heavy atom.